The monoisotopic (exact) mass is 357 g/mol. The fraction of sp³-hybridized carbons (Fsp3) is 0.556. The molecule has 0 spiro atoms. The van der Waals surface area contributed by atoms with Crippen molar-refractivity contribution in [2.75, 3.05) is 6.61 Å². The lowest BCUT2D eigenvalue weighted by Gasteiger charge is -2.34. The van der Waals surface area contributed by atoms with Gasteiger partial charge in [-0.3, -0.25) is 4.79 Å². The summed E-state index contributed by atoms with van der Waals surface area (Å²) in [4.78, 5) is 23.8. The van der Waals surface area contributed by atoms with Gasteiger partial charge in [0, 0.05) is 6.04 Å². The molecular formula is C18H22F3NO3. The number of hydrogen-bond acceptors (Lipinski definition) is 3. The Hall–Kier alpha value is -2.05. The van der Waals surface area contributed by atoms with Crippen molar-refractivity contribution >= 4 is 11.9 Å². The molecule has 0 saturated heterocycles. The van der Waals surface area contributed by atoms with Crippen LogP contribution in [0.15, 0.2) is 24.3 Å². The van der Waals surface area contributed by atoms with Crippen LogP contribution < -0.4 is 5.32 Å². The molecule has 1 aromatic rings. The Balaban J connectivity index is 1.84. The number of benzene rings is 1. The Morgan fingerprint density at radius 3 is 2.40 bits per heavy atom. The molecule has 0 aromatic heterocycles. The SMILES string of the molecule is CC1CCCC(NC(=O)COC(=O)c2ccc(C(F)(F)F)cc2)C1C. The molecule has 1 saturated carbocycles. The van der Waals surface area contributed by atoms with Crippen molar-refractivity contribution in [3.63, 3.8) is 0 Å². The average molecular weight is 357 g/mol. The summed E-state index contributed by atoms with van der Waals surface area (Å²) in [6, 6.07) is 3.74. The van der Waals surface area contributed by atoms with Crippen molar-refractivity contribution < 1.29 is 27.5 Å². The van der Waals surface area contributed by atoms with Gasteiger partial charge >= 0.3 is 12.1 Å². The minimum absolute atomic E-state index is 0.0274. The van der Waals surface area contributed by atoms with Gasteiger partial charge in [0.2, 0.25) is 0 Å². The van der Waals surface area contributed by atoms with E-state index in [1.165, 1.54) is 0 Å². The molecule has 3 atom stereocenters. The molecule has 7 heteroatoms. The van der Waals surface area contributed by atoms with E-state index in [0.717, 1.165) is 43.5 Å². The van der Waals surface area contributed by atoms with E-state index in [0.29, 0.717) is 11.8 Å². The van der Waals surface area contributed by atoms with Crippen molar-refractivity contribution in [1.82, 2.24) is 5.32 Å². The maximum absolute atomic E-state index is 12.5. The Kier molecular flexibility index (Phi) is 6.08. The van der Waals surface area contributed by atoms with E-state index in [1.54, 1.807) is 0 Å². The maximum atomic E-state index is 12.5. The van der Waals surface area contributed by atoms with Crippen LogP contribution in [-0.2, 0) is 15.7 Å². The molecule has 1 aromatic carbocycles. The quantitative estimate of drug-likeness (QED) is 0.834. The van der Waals surface area contributed by atoms with Gasteiger partial charge in [-0.15, -0.1) is 0 Å². The minimum atomic E-state index is -4.46. The van der Waals surface area contributed by atoms with Gasteiger partial charge in [-0.2, -0.15) is 13.2 Å². The molecular weight excluding hydrogens is 335 g/mol. The third-order valence-corrected chi connectivity index (χ3v) is 4.84. The number of esters is 1. The predicted molar refractivity (Wildman–Crippen MR) is 85.8 cm³/mol. The van der Waals surface area contributed by atoms with Crippen LogP contribution in [0.1, 0.15) is 49.0 Å². The highest BCUT2D eigenvalue weighted by atomic mass is 19.4. The van der Waals surface area contributed by atoms with Crippen molar-refractivity contribution in [3.05, 3.63) is 35.4 Å². The molecule has 0 radical (unpaired) electrons. The van der Waals surface area contributed by atoms with Crippen molar-refractivity contribution in [2.45, 2.75) is 45.3 Å². The second-order valence-electron chi connectivity index (χ2n) is 6.59. The second-order valence-corrected chi connectivity index (χ2v) is 6.59. The summed E-state index contributed by atoms with van der Waals surface area (Å²) in [6.07, 6.45) is -1.39. The number of carbonyl (C=O) groups is 2. The normalized spacial score (nSPS) is 23.8. The van der Waals surface area contributed by atoms with E-state index >= 15 is 0 Å². The summed E-state index contributed by atoms with van der Waals surface area (Å²) in [7, 11) is 0. The molecule has 0 heterocycles. The number of alkyl halides is 3. The van der Waals surface area contributed by atoms with Crippen molar-refractivity contribution in [3.8, 4) is 0 Å². The average Bonchev–Trinajstić information content (AvgIpc) is 2.56. The largest absolute Gasteiger partial charge is 0.452 e. The lowest BCUT2D eigenvalue weighted by Crippen LogP contribution is -2.45. The fourth-order valence-corrected chi connectivity index (χ4v) is 3.04. The molecule has 2 rings (SSSR count). The van der Waals surface area contributed by atoms with Crippen LogP contribution in [0.4, 0.5) is 13.2 Å². The first-order valence-electron chi connectivity index (χ1n) is 8.32. The summed E-state index contributed by atoms with van der Waals surface area (Å²) >= 11 is 0. The molecule has 25 heavy (non-hydrogen) atoms. The molecule has 1 aliphatic rings. The van der Waals surface area contributed by atoms with Crippen LogP contribution in [0.2, 0.25) is 0 Å². The fourth-order valence-electron chi connectivity index (χ4n) is 3.04. The number of hydrogen-bond donors (Lipinski definition) is 1. The number of ether oxygens (including phenoxy) is 1. The standard InChI is InChI=1S/C18H22F3NO3/c1-11-4-3-5-15(12(11)2)22-16(23)10-25-17(24)13-6-8-14(9-7-13)18(19,20)21/h6-9,11-12,15H,3-5,10H2,1-2H3,(H,22,23). The molecule has 0 bridgehead atoms. The van der Waals surface area contributed by atoms with Crippen LogP contribution in [0.25, 0.3) is 0 Å². The zero-order chi connectivity index (χ0) is 18.6. The van der Waals surface area contributed by atoms with Crippen LogP contribution in [0, 0.1) is 11.8 Å². The first kappa shape index (κ1) is 19.3. The van der Waals surface area contributed by atoms with Gasteiger partial charge in [0.1, 0.15) is 0 Å². The van der Waals surface area contributed by atoms with Gasteiger partial charge in [-0.05, 0) is 42.5 Å². The topological polar surface area (TPSA) is 55.4 Å². The highest BCUT2D eigenvalue weighted by Gasteiger charge is 2.30. The van der Waals surface area contributed by atoms with E-state index in [2.05, 4.69) is 19.2 Å². The maximum Gasteiger partial charge on any atom is 0.416 e. The van der Waals surface area contributed by atoms with E-state index in [1.807, 2.05) is 0 Å². The molecule has 1 fully saturated rings. The summed E-state index contributed by atoms with van der Waals surface area (Å²) in [5, 5.41) is 2.87. The molecule has 1 aliphatic carbocycles. The van der Waals surface area contributed by atoms with Crippen LogP contribution in [0.5, 0.6) is 0 Å². The summed E-state index contributed by atoms with van der Waals surface area (Å²) < 4.78 is 42.3. The van der Waals surface area contributed by atoms with Gasteiger partial charge in [0.05, 0.1) is 11.1 Å². The minimum Gasteiger partial charge on any atom is -0.452 e. The van der Waals surface area contributed by atoms with E-state index in [9.17, 15) is 22.8 Å². The molecule has 3 unspecified atom stereocenters. The van der Waals surface area contributed by atoms with Gasteiger partial charge in [0.15, 0.2) is 6.61 Å². The molecule has 0 aliphatic heterocycles. The summed E-state index contributed by atoms with van der Waals surface area (Å²) in [5.41, 5.74) is -0.873. The van der Waals surface area contributed by atoms with E-state index in [-0.39, 0.29) is 11.6 Å². The summed E-state index contributed by atoms with van der Waals surface area (Å²) in [5.74, 6) is -0.350. The van der Waals surface area contributed by atoms with Gasteiger partial charge < -0.3 is 10.1 Å². The first-order chi connectivity index (χ1) is 11.7. The third-order valence-electron chi connectivity index (χ3n) is 4.84. The third kappa shape index (κ3) is 5.21. The summed E-state index contributed by atoms with van der Waals surface area (Å²) in [6.45, 7) is 3.79. The molecule has 4 nitrogen and oxygen atoms in total. The zero-order valence-corrected chi connectivity index (χ0v) is 14.2. The Morgan fingerprint density at radius 1 is 1.16 bits per heavy atom. The predicted octanol–water partition coefficient (Wildman–Crippen LogP) is 3.80. The van der Waals surface area contributed by atoms with Gasteiger partial charge in [-0.1, -0.05) is 26.7 Å². The van der Waals surface area contributed by atoms with E-state index < -0.39 is 30.2 Å². The lowest BCUT2D eigenvalue weighted by molar-refractivity contribution is -0.137. The van der Waals surface area contributed by atoms with E-state index in [4.69, 9.17) is 4.74 Å². The Morgan fingerprint density at radius 2 is 1.80 bits per heavy atom. The first-order valence-corrected chi connectivity index (χ1v) is 8.32. The molecule has 1 amide bonds. The highest BCUT2D eigenvalue weighted by molar-refractivity contribution is 5.91. The van der Waals surface area contributed by atoms with Crippen molar-refractivity contribution in [2.24, 2.45) is 11.8 Å². The molecule has 138 valence electrons. The van der Waals surface area contributed by atoms with Crippen LogP contribution in [-0.4, -0.2) is 24.5 Å². The van der Waals surface area contributed by atoms with Crippen LogP contribution >= 0.6 is 0 Å². The Labute approximate surface area is 144 Å². The van der Waals surface area contributed by atoms with Crippen LogP contribution in [0.3, 0.4) is 0 Å². The second kappa shape index (κ2) is 7.89. The number of halogens is 3. The molecule has 1 N–H and O–H groups in total. The lowest BCUT2D eigenvalue weighted by atomic mass is 9.78. The number of amides is 1. The number of rotatable bonds is 4. The Bertz CT molecular complexity index is 613. The number of nitrogens with one attached hydrogen (secondary N) is 1. The van der Waals surface area contributed by atoms with Crippen molar-refractivity contribution in [1.29, 1.82) is 0 Å². The van der Waals surface area contributed by atoms with Gasteiger partial charge in [-0.25, -0.2) is 4.79 Å². The number of carbonyl (C=O) groups excluding carboxylic acids is 2. The highest BCUT2D eigenvalue weighted by Crippen LogP contribution is 2.30. The zero-order valence-electron chi connectivity index (χ0n) is 14.2. The van der Waals surface area contributed by atoms with Gasteiger partial charge in [0.25, 0.3) is 5.91 Å². The smallest absolute Gasteiger partial charge is 0.416 e.